The summed E-state index contributed by atoms with van der Waals surface area (Å²) in [6, 6.07) is 15.6. The lowest BCUT2D eigenvalue weighted by Crippen LogP contribution is -2.30. The summed E-state index contributed by atoms with van der Waals surface area (Å²) in [6.45, 7) is 2.89. The molecule has 6 heteroatoms. The molecule has 1 atom stereocenters. The molecule has 5 nitrogen and oxygen atoms in total. The molecule has 2 heterocycles. The third kappa shape index (κ3) is 4.42. The van der Waals surface area contributed by atoms with E-state index in [1.54, 1.807) is 0 Å². The topological polar surface area (TPSA) is 59.2 Å². The Kier molecular flexibility index (Phi) is 6.09. The summed E-state index contributed by atoms with van der Waals surface area (Å²) in [5.74, 6) is 1.08. The van der Waals surface area contributed by atoms with Crippen molar-refractivity contribution in [2.45, 2.75) is 45.1 Å². The zero-order chi connectivity index (χ0) is 20.2. The molecule has 1 aromatic heterocycles. The fourth-order valence-corrected chi connectivity index (χ4v) is 3.98. The number of carbonyl (C=O) groups is 1. The number of halogens is 1. The Morgan fingerprint density at radius 3 is 2.66 bits per heavy atom. The highest BCUT2D eigenvalue weighted by Gasteiger charge is 2.34. The van der Waals surface area contributed by atoms with Gasteiger partial charge in [-0.15, -0.1) is 0 Å². The summed E-state index contributed by atoms with van der Waals surface area (Å²) in [7, 11) is 0. The monoisotopic (exact) mass is 453 g/mol. The molecule has 0 bridgehead atoms. The summed E-state index contributed by atoms with van der Waals surface area (Å²) < 4.78 is 6.54. The van der Waals surface area contributed by atoms with E-state index in [9.17, 15) is 4.79 Å². The number of carbonyl (C=O) groups excluding carboxylic acids is 1. The predicted octanol–water partition coefficient (Wildman–Crippen LogP) is 5.82. The van der Waals surface area contributed by atoms with Crippen LogP contribution in [0.25, 0.3) is 11.4 Å². The number of unbranched alkanes of at least 4 members (excludes halogenated alkanes) is 1. The highest BCUT2D eigenvalue weighted by atomic mass is 79.9. The third-order valence-corrected chi connectivity index (χ3v) is 5.89. The van der Waals surface area contributed by atoms with Crippen LogP contribution in [0, 0.1) is 0 Å². The van der Waals surface area contributed by atoms with E-state index in [0.29, 0.717) is 23.8 Å². The summed E-state index contributed by atoms with van der Waals surface area (Å²) in [5, 5.41) is 4.13. The van der Waals surface area contributed by atoms with Crippen LogP contribution in [-0.2, 0) is 6.42 Å². The molecule has 1 aliphatic heterocycles. The molecule has 0 aliphatic carbocycles. The fraction of sp³-hybridized carbons (Fsp3) is 0.348. The Morgan fingerprint density at radius 1 is 1.17 bits per heavy atom. The minimum absolute atomic E-state index is 0.0259. The summed E-state index contributed by atoms with van der Waals surface area (Å²) in [4.78, 5) is 19.5. The maximum atomic E-state index is 13.1. The van der Waals surface area contributed by atoms with Gasteiger partial charge in [0.15, 0.2) is 0 Å². The quantitative estimate of drug-likeness (QED) is 0.471. The van der Waals surface area contributed by atoms with Gasteiger partial charge >= 0.3 is 0 Å². The molecule has 0 N–H and O–H groups in total. The molecule has 0 saturated carbocycles. The van der Waals surface area contributed by atoms with Crippen LogP contribution in [0.5, 0.6) is 0 Å². The van der Waals surface area contributed by atoms with Crippen LogP contribution in [-0.4, -0.2) is 27.5 Å². The lowest BCUT2D eigenvalue weighted by atomic mass is 10.1. The second-order valence-electron chi connectivity index (χ2n) is 7.42. The van der Waals surface area contributed by atoms with Gasteiger partial charge in [0, 0.05) is 22.1 Å². The van der Waals surface area contributed by atoms with E-state index in [-0.39, 0.29) is 11.9 Å². The van der Waals surface area contributed by atoms with Crippen molar-refractivity contribution in [3.05, 3.63) is 70.0 Å². The Hall–Kier alpha value is -2.47. The van der Waals surface area contributed by atoms with Gasteiger partial charge in [-0.3, -0.25) is 4.79 Å². The molecule has 1 saturated heterocycles. The molecule has 1 amide bonds. The normalized spacial score (nSPS) is 16.3. The van der Waals surface area contributed by atoms with E-state index in [4.69, 9.17) is 4.52 Å². The number of rotatable bonds is 6. The van der Waals surface area contributed by atoms with Gasteiger partial charge < -0.3 is 9.42 Å². The van der Waals surface area contributed by atoms with Crippen LogP contribution in [0.3, 0.4) is 0 Å². The van der Waals surface area contributed by atoms with Gasteiger partial charge in [0.2, 0.25) is 11.7 Å². The van der Waals surface area contributed by atoms with Gasteiger partial charge in [0.25, 0.3) is 5.91 Å². The van der Waals surface area contributed by atoms with Gasteiger partial charge in [-0.05, 0) is 67.6 Å². The molecule has 3 aromatic rings. The van der Waals surface area contributed by atoms with Gasteiger partial charge in [-0.2, -0.15) is 4.98 Å². The van der Waals surface area contributed by atoms with Crippen molar-refractivity contribution in [1.29, 1.82) is 0 Å². The average molecular weight is 454 g/mol. The van der Waals surface area contributed by atoms with Gasteiger partial charge in [-0.1, -0.05) is 46.6 Å². The van der Waals surface area contributed by atoms with Crippen molar-refractivity contribution < 1.29 is 9.32 Å². The highest BCUT2D eigenvalue weighted by molar-refractivity contribution is 9.10. The molecule has 0 spiro atoms. The second kappa shape index (κ2) is 8.91. The van der Waals surface area contributed by atoms with Crippen molar-refractivity contribution in [2.24, 2.45) is 0 Å². The van der Waals surface area contributed by atoms with Gasteiger partial charge in [-0.25, -0.2) is 0 Å². The summed E-state index contributed by atoms with van der Waals surface area (Å²) in [6.07, 6.45) is 5.16. The molecule has 4 rings (SSSR count). The van der Waals surface area contributed by atoms with Crippen LogP contribution < -0.4 is 0 Å². The van der Waals surface area contributed by atoms with Crippen LogP contribution in [0.1, 0.15) is 60.5 Å². The van der Waals surface area contributed by atoms with E-state index < -0.39 is 0 Å². The second-order valence-corrected chi connectivity index (χ2v) is 8.34. The Labute approximate surface area is 179 Å². The molecule has 2 aromatic carbocycles. The number of benzene rings is 2. The largest absolute Gasteiger partial charge is 0.337 e. The minimum Gasteiger partial charge on any atom is -0.337 e. The maximum absolute atomic E-state index is 13.1. The predicted molar refractivity (Wildman–Crippen MR) is 115 cm³/mol. The Balaban J connectivity index is 1.50. The third-order valence-electron chi connectivity index (χ3n) is 5.36. The van der Waals surface area contributed by atoms with Crippen LogP contribution >= 0.6 is 15.9 Å². The molecule has 150 valence electrons. The zero-order valence-electron chi connectivity index (χ0n) is 16.5. The lowest BCUT2D eigenvalue weighted by molar-refractivity contribution is 0.0710. The Morgan fingerprint density at radius 2 is 1.93 bits per heavy atom. The van der Waals surface area contributed by atoms with Crippen LogP contribution in [0.15, 0.2) is 57.5 Å². The molecule has 1 unspecified atom stereocenters. The number of aromatic nitrogens is 2. The minimum atomic E-state index is -0.168. The smallest absolute Gasteiger partial charge is 0.254 e. The zero-order valence-corrected chi connectivity index (χ0v) is 18.1. The number of aryl methyl sites for hydroxylation is 1. The van der Waals surface area contributed by atoms with Gasteiger partial charge in [0.05, 0.1) is 0 Å². The molecule has 1 fully saturated rings. The number of amides is 1. The lowest BCUT2D eigenvalue weighted by Gasteiger charge is -2.22. The first-order valence-corrected chi connectivity index (χ1v) is 10.9. The molecular formula is C23H24BrN3O2. The number of nitrogens with zero attached hydrogens (tertiary/aromatic N) is 3. The number of likely N-dealkylation sites (tertiary alicyclic amines) is 1. The summed E-state index contributed by atoms with van der Waals surface area (Å²) >= 11 is 3.43. The first-order valence-electron chi connectivity index (χ1n) is 10.1. The van der Waals surface area contributed by atoms with Crippen molar-refractivity contribution in [3.63, 3.8) is 0 Å². The molecule has 29 heavy (non-hydrogen) atoms. The fourth-order valence-electron chi connectivity index (χ4n) is 3.71. The molecule has 0 radical (unpaired) electrons. The van der Waals surface area contributed by atoms with E-state index in [1.807, 2.05) is 41.3 Å². The SMILES string of the molecule is CCCCc1ccc(C(=O)N2CCCC2c2nc(-c3ccc(Br)cc3)no2)cc1. The van der Waals surface area contributed by atoms with Crippen LogP contribution in [0.2, 0.25) is 0 Å². The standard InChI is InChI=1S/C23H24BrN3O2/c1-2-3-5-16-7-9-18(10-8-16)23(28)27-15-4-6-20(27)22-25-21(26-29-22)17-11-13-19(24)14-12-17/h7-14,20H,2-6,15H2,1H3. The van der Waals surface area contributed by atoms with E-state index >= 15 is 0 Å². The van der Waals surface area contributed by atoms with E-state index in [0.717, 1.165) is 29.3 Å². The maximum Gasteiger partial charge on any atom is 0.254 e. The van der Waals surface area contributed by atoms with Crippen molar-refractivity contribution >= 4 is 21.8 Å². The highest BCUT2D eigenvalue weighted by Crippen LogP contribution is 2.33. The first kappa shape index (κ1) is 19.8. The van der Waals surface area contributed by atoms with Gasteiger partial charge in [0.1, 0.15) is 6.04 Å². The van der Waals surface area contributed by atoms with E-state index in [1.165, 1.54) is 18.4 Å². The Bertz CT molecular complexity index is 967. The number of hydrogen-bond donors (Lipinski definition) is 0. The van der Waals surface area contributed by atoms with Crippen molar-refractivity contribution in [1.82, 2.24) is 15.0 Å². The van der Waals surface area contributed by atoms with Crippen LogP contribution in [0.4, 0.5) is 0 Å². The van der Waals surface area contributed by atoms with Crippen molar-refractivity contribution in [3.8, 4) is 11.4 Å². The average Bonchev–Trinajstić information content (AvgIpc) is 3.42. The van der Waals surface area contributed by atoms with Crippen molar-refractivity contribution in [2.75, 3.05) is 6.54 Å². The first-order chi connectivity index (χ1) is 14.2. The molecule has 1 aliphatic rings. The van der Waals surface area contributed by atoms with E-state index in [2.05, 4.69) is 45.1 Å². The molecular weight excluding hydrogens is 430 g/mol. The summed E-state index contributed by atoms with van der Waals surface area (Å²) in [5.41, 5.74) is 2.88. The number of hydrogen-bond acceptors (Lipinski definition) is 4.